The van der Waals surface area contributed by atoms with E-state index in [1.54, 1.807) is 0 Å². The highest BCUT2D eigenvalue weighted by atomic mass is 15.2. The first-order valence-corrected chi connectivity index (χ1v) is 6.65. The van der Waals surface area contributed by atoms with E-state index in [2.05, 4.69) is 54.9 Å². The van der Waals surface area contributed by atoms with Crippen molar-refractivity contribution in [1.29, 1.82) is 0 Å². The number of rotatable bonds is 5. The third-order valence-electron chi connectivity index (χ3n) is 2.79. The molecule has 0 aromatic carbocycles. The fraction of sp³-hybridized carbons (Fsp3) is 0.769. The van der Waals surface area contributed by atoms with E-state index < -0.39 is 0 Å². The summed E-state index contributed by atoms with van der Waals surface area (Å²) >= 11 is 0. The van der Waals surface area contributed by atoms with Gasteiger partial charge in [0.2, 0.25) is 11.9 Å². The Bertz CT molecular complexity index is 383. The minimum absolute atomic E-state index is 0.125. The lowest BCUT2D eigenvalue weighted by Gasteiger charge is -2.20. The summed E-state index contributed by atoms with van der Waals surface area (Å²) in [6, 6.07) is 0.393. The first-order valence-electron chi connectivity index (χ1n) is 6.65. The average molecular weight is 251 g/mol. The van der Waals surface area contributed by atoms with Crippen LogP contribution in [0.5, 0.6) is 0 Å². The minimum Gasteiger partial charge on any atom is -0.368 e. The van der Waals surface area contributed by atoms with Crippen molar-refractivity contribution < 1.29 is 0 Å². The summed E-state index contributed by atoms with van der Waals surface area (Å²) in [6.07, 6.45) is 3.29. The molecule has 1 aromatic heterocycles. The van der Waals surface area contributed by atoms with Crippen molar-refractivity contribution in [2.45, 2.75) is 65.3 Å². The quantitative estimate of drug-likeness (QED) is 0.841. The maximum absolute atomic E-state index is 5.75. The number of aromatic nitrogens is 3. The lowest BCUT2D eigenvalue weighted by molar-refractivity contribution is 0.541. The van der Waals surface area contributed by atoms with Crippen molar-refractivity contribution in [3.05, 3.63) is 5.82 Å². The molecule has 0 spiro atoms. The molecule has 1 atom stereocenters. The van der Waals surface area contributed by atoms with Crippen molar-refractivity contribution in [3.8, 4) is 0 Å². The monoisotopic (exact) mass is 251 g/mol. The standard InChI is InChI=1S/C13H25N5/c1-6-8-9(7-2)15-12-17-10(13(3,4)5)16-11(14)18-12/h9H,6-8H2,1-5H3,(H3,14,15,16,17,18). The highest BCUT2D eigenvalue weighted by molar-refractivity contribution is 5.33. The van der Waals surface area contributed by atoms with Gasteiger partial charge in [-0.05, 0) is 12.8 Å². The summed E-state index contributed by atoms with van der Waals surface area (Å²) in [7, 11) is 0. The van der Waals surface area contributed by atoms with Crippen LogP contribution in [0.4, 0.5) is 11.9 Å². The van der Waals surface area contributed by atoms with Crippen LogP contribution in [0.15, 0.2) is 0 Å². The molecular weight excluding hydrogens is 226 g/mol. The zero-order valence-corrected chi connectivity index (χ0v) is 12.1. The van der Waals surface area contributed by atoms with Crippen molar-refractivity contribution >= 4 is 11.9 Å². The summed E-state index contributed by atoms with van der Waals surface area (Å²) in [5.41, 5.74) is 5.62. The molecule has 1 heterocycles. The summed E-state index contributed by atoms with van der Waals surface area (Å²) in [4.78, 5) is 12.8. The smallest absolute Gasteiger partial charge is 0.227 e. The molecule has 5 nitrogen and oxygen atoms in total. The molecular formula is C13H25N5. The van der Waals surface area contributed by atoms with Crippen LogP contribution >= 0.6 is 0 Å². The second-order valence-electron chi connectivity index (χ2n) is 5.63. The van der Waals surface area contributed by atoms with Gasteiger partial charge in [0, 0.05) is 11.5 Å². The molecule has 0 aliphatic rings. The summed E-state index contributed by atoms with van der Waals surface area (Å²) < 4.78 is 0. The van der Waals surface area contributed by atoms with Crippen molar-refractivity contribution in [1.82, 2.24) is 15.0 Å². The van der Waals surface area contributed by atoms with Crippen LogP contribution in [-0.4, -0.2) is 21.0 Å². The van der Waals surface area contributed by atoms with Crippen molar-refractivity contribution in [2.24, 2.45) is 0 Å². The summed E-state index contributed by atoms with van der Waals surface area (Å²) in [5.74, 6) is 1.60. The van der Waals surface area contributed by atoms with Gasteiger partial charge in [-0.3, -0.25) is 0 Å². The number of nitrogens with zero attached hydrogens (tertiary/aromatic N) is 3. The van der Waals surface area contributed by atoms with E-state index in [-0.39, 0.29) is 11.4 Å². The number of anilines is 2. The Kier molecular flexibility index (Phi) is 4.87. The number of hydrogen-bond donors (Lipinski definition) is 2. The van der Waals surface area contributed by atoms with E-state index >= 15 is 0 Å². The van der Waals surface area contributed by atoms with Crippen LogP contribution in [-0.2, 0) is 5.41 Å². The molecule has 0 aliphatic carbocycles. The molecule has 1 aromatic rings. The van der Waals surface area contributed by atoms with Crippen LogP contribution in [0.1, 0.15) is 59.7 Å². The van der Waals surface area contributed by atoms with Gasteiger partial charge in [-0.25, -0.2) is 0 Å². The van der Waals surface area contributed by atoms with Gasteiger partial charge in [0.25, 0.3) is 0 Å². The number of hydrogen-bond acceptors (Lipinski definition) is 5. The van der Waals surface area contributed by atoms with Gasteiger partial charge in [0.15, 0.2) is 0 Å². The lowest BCUT2D eigenvalue weighted by Crippen LogP contribution is -2.23. The molecule has 0 aliphatic heterocycles. The second-order valence-corrected chi connectivity index (χ2v) is 5.63. The van der Waals surface area contributed by atoms with E-state index in [9.17, 15) is 0 Å². The number of nitrogen functional groups attached to an aromatic ring is 1. The summed E-state index contributed by atoms with van der Waals surface area (Å²) in [5, 5.41) is 3.34. The van der Waals surface area contributed by atoms with Crippen LogP contribution in [0.2, 0.25) is 0 Å². The molecule has 18 heavy (non-hydrogen) atoms. The van der Waals surface area contributed by atoms with Crippen LogP contribution < -0.4 is 11.1 Å². The third-order valence-corrected chi connectivity index (χ3v) is 2.79. The normalized spacial score (nSPS) is 13.4. The SMILES string of the molecule is CCCC(CC)Nc1nc(N)nc(C(C)(C)C)n1. The fourth-order valence-electron chi connectivity index (χ4n) is 1.70. The Hall–Kier alpha value is -1.39. The Morgan fingerprint density at radius 1 is 1.17 bits per heavy atom. The zero-order chi connectivity index (χ0) is 13.8. The van der Waals surface area contributed by atoms with E-state index in [1.807, 2.05) is 0 Å². The van der Waals surface area contributed by atoms with Gasteiger partial charge in [-0.2, -0.15) is 15.0 Å². The molecule has 0 amide bonds. The van der Waals surface area contributed by atoms with Crippen LogP contribution in [0.3, 0.4) is 0 Å². The van der Waals surface area contributed by atoms with Gasteiger partial charge >= 0.3 is 0 Å². The summed E-state index contributed by atoms with van der Waals surface area (Å²) in [6.45, 7) is 10.5. The van der Waals surface area contributed by atoms with Gasteiger partial charge in [0.1, 0.15) is 5.82 Å². The third kappa shape index (κ3) is 4.13. The van der Waals surface area contributed by atoms with E-state index in [1.165, 1.54) is 0 Å². The molecule has 0 saturated heterocycles. The minimum atomic E-state index is -0.125. The molecule has 1 rings (SSSR count). The number of nitrogens with two attached hydrogens (primary N) is 1. The van der Waals surface area contributed by atoms with Crippen LogP contribution in [0.25, 0.3) is 0 Å². The largest absolute Gasteiger partial charge is 0.368 e. The Balaban J connectivity index is 2.92. The van der Waals surface area contributed by atoms with Crippen LogP contribution in [0, 0.1) is 0 Å². The molecule has 0 radical (unpaired) electrons. The number of nitrogens with one attached hydrogen (secondary N) is 1. The Labute approximate surface area is 110 Å². The highest BCUT2D eigenvalue weighted by Gasteiger charge is 2.19. The molecule has 0 bridgehead atoms. The van der Waals surface area contributed by atoms with E-state index in [0.29, 0.717) is 12.0 Å². The molecule has 5 heteroatoms. The van der Waals surface area contributed by atoms with Gasteiger partial charge in [0.05, 0.1) is 0 Å². The molecule has 0 fully saturated rings. The van der Waals surface area contributed by atoms with Gasteiger partial charge < -0.3 is 11.1 Å². The molecule has 1 unspecified atom stereocenters. The van der Waals surface area contributed by atoms with Crippen molar-refractivity contribution in [3.63, 3.8) is 0 Å². The topological polar surface area (TPSA) is 76.7 Å². The first-order chi connectivity index (χ1) is 8.36. The first kappa shape index (κ1) is 14.7. The van der Waals surface area contributed by atoms with Gasteiger partial charge in [-0.15, -0.1) is 0 Å². The molecule has 0 saturated carbocycles. The predicted molar refractivity (Wildman–Crippen MR) is 75.5 cm³/mol. The van der Waals surface area contributed by atoms with Gasteiger partial charge in [-0.1, -0.05) is 41.0 Å². The Morgan fingerprint density at radius 2 is 1.83 bits per heavy atom. The lowest BCUT2D eigenvalue weighted by atomic mass is 9.96. The van der Waals surface area contributed by atoms with E-state index in [4.69, 9.17) is 5.73 Å². The Morgan fingerprint density at radius 3 is 2.33 bits per heavy atom. The maximum Gasteiger partial charge on any atom is 0.227 e. The fourth-order valence-corrected chi connectivity index (χ4v) is 1.70. The second kappa shape index (κ2) is 5.98. The van der Waals surface area contributed by atoms with Crippen molar-refractivity contribution in [2.75, 3.05) is 11.1 Å². The average Bonchev–Trinajstić information content (AvgIpc) is 2.26. The highest BCUT2D eigenvalue weighted by Crippen LogP contribution is 2.20. The van der Waals surface area contributed by atoms with E-state index in [0.717, 1.165) is 25.1 Å². The molecule has 3 N–H and O–H groups in total. The zero-order valence-electron chi connectivity index (χ0n) is 12.1. The molecule has 102 valence electrons. The predicted octanol–water partition coefficient (Wildman–Crippen LogP) is 2.74. The maximum atomic E-state index is 5.75.